The number of likely N-dealkylation sites (tertiary alicyclic amines) is 1. The highest BCUT2D eigenvalue weighted by Gasteiger charge is 2.26. The number of nitrogens with zero attached hydrogens (tertiary/aromatic N) is 1. The van der Waals surface area contributed by atoms with Gasteiger partial charge in [0.25, 0.3) is 0 Å². The lowest BCUT2D eigenvalue weighted by molar-refractivity contribution is -0.124. The minimum atomic E-state index is 0.0512. The van der Waals surface area contributed by atoms with Crippen LogP contribution in [0.4, 0.5) is 0 Å². The fourth-order valence-corrected chi connectivity index (χ4v) is 2.52. The molecule has 2 atom stereocenters. The van der Waals surface area contributed by atoms with Gasteiger partial charge in [-0.2, -0.15) is 0 Å². The van der Waals surface area contributed by atoms with Gasteiger partial charge in [0.2, 0.25) is 5.91 Å². The molecule has 2 aliphatic rings. The molecule has 0 saturated carbocycles. The Morgan fingerprint density at radius 3 is 3.00 bits per heavy atom. The maximum absolute atomic E-state index is 11.6. The molecule has 2 aliphatic heterocycles. The summed E-state index contributed by atoms with van der Waals surface area (Å²) in [6, 6.07) is 0.549. The van der Waals surface area contributed by atoms with Gasteiger partial charge in [0, 0.05) is 19.1 Å². The van der Waals surface area contributed by atoms with Gasteiger partial charge in [-0.05, 0) is 39.3 Å². The van der Waals surface area contributed by atoms with Crippen LogP contribution in [-0.4, -0.2) is 49.6 Å². The minimum Gasteiger partial charge on any atom is -0.355 e. The molecule has 4 nitrogen and oxygen atoms in total. The fourth-order valence-electron chi connectivity index (χ4n) is 2.52. The van der Waals surface area contributed by atoms with Crippen LogP contribution in [0.25, 0.3) is 0 Å². The largest absolute Gasteiger partial charge is 0.355 e. The molecule has 0 bridgehead atoms. The van der Waals surface area contributed by atoms with E-state index in [2.05, 4.69) is 22.6 Å². The third kappa shape index (κ3) is 2.92. The average Bonchev–Trinajstić information content (AvgIpc) is 2.22. The molecule has 4 heteroatoms. The minimum absolute atomic E-state index is 0.0512. The van der Waals surface area contributed by atoms with Crippen molar-refractivity contribution in [2.45, 2.75) is 37.8 Å². The van der Waals surface area contributed by atoms with Crippen molar-refractivity contribution in [2.24, 2.45) is 0 Å². The van der Waals surface area contributed by atoms with Gasteiger partial charge in [0.15, 0.2) is 0 Å². The Morgan fingerprint density at radius 1 is 1.40 bits per heavy atom. The van der Waals surface area contributed by atoms with Crippen LogP contribution in [0.2, 0.25) is 0 Å². The summed E-state index contributed by atoms with van der Waals surface area (Å²) >= 11 is 0. The molecule has 86 valence electrons. The van der Waals surface area contributed by atoms with E-state index in [1.807, 2.05) is 0 Å². The quantitative estimate of drug-likeness (QED) is 0.673. The zero-order chi connectivity index (χ0) is 10.7. The first-order chi connectivity index (χ1) is 7.25. The van der Waals surface area contributed by atoms with Crippen molar-refractivity contribution in [3.8, 4) is 0 Å². The van der Waals surface area contributed by atoms with Crippen LogP contribution in [0, 0.1) is 0 Å². The van der Waals surface area contributed by atoms with Crippen molar-refractivity contribution in [2.75, 3.05) is 26.7 Å². The molecule has 0 aromatic heterocycles. The predicted molar refractivity (Wildman–Crippen MR) is 59.7 cm³/mol. The summed E-state index contributed by atoms with van der Waals surface area (Å²) in [5, 5.41) is 6.40. The van der Waals surface area contributed by atoms with Crippen molar-refractivity contribution in [1.29, 1.82) is 0 Å². The van der Waals surface area contributed by atoms with E-state index in [-0.39, 0.29) is 11.9 Å². The summed E-state index contributed by atoms with van der Waals surface area (Å²) in [6.07, 6.45) is 4.54. The number of likely N-dealkylation sites (N-methyl/N-ethyl adjacent to an activating group) is 1. The number of hydrogen-bond donors (Lipinski definition) is 2. The van der Waals surface area contributed by atoms with Gasteiger partial charge in [0.1, 0.15) is 0 Å². The number of carbonyl (C=O) groups is 1. The molecule has 2 fully saturated rings. The van der Waals surface area contributed by atoms with Crippen molar-refractivity contribution in [3.63, 3.8) is 0 Å². The second kappa shape index (κ2) is 4.94. The summed E-state index contributed by atoms with van der Waals surface area (Å²) in [6.45, 7) is 3.11. The van der Waals surface area contributed by atoms with E-state index in [1.165, 1.54) is 19.4 Å². The van der Waals surface area contributed by atoms with Gasteiger partial charge < -0.3 is 15.5 Å². The van der Waals surface area contributed by atoms with E-state index in [0.29, 0.717) is 6.04 Å². The number of nitrogens with one attached hydrogen (secondary N) is 2. The van der Waals surface area contributed by atoms with E-state index in [4.69, 9.17) is 0 Å². The number of amides is 1. The molecular formula is C11H21N3O. The Morgan fingerprint density at radius 2 is 2.27 bits per heavy atom. The standard InChI is InChI=1S/C11H21N3O/c1-14-7-3-4-9(8-14)13-10-5-2-6-12-11(10)15/h9-10,13H,2-8H2,1H3,(H,12,15). The molecule has 2 heterocycles. The highest BCUT2D eigenvalue weighted by molar-refractivity contribution is 5.82. The summed E-state index contributed by atoms with van der Waals surface area (Å²) < 4.78 is 0. The van der Waals surface area contributed by atoms with Gasteiger partial charge in [-0.25, -0.2) is 0 Å². The van der Waals surface area contributed by atoms with Gasteiger partial charge in [-0.3, -0.25) is 4.79 Å². The van der Waals surface area contributed by atoms with Gasteiger partial charge >= 0.3 is 0 Å². The zero-order valence-corrected chi connectivity index (χ0v) is 9.46. The van der Waals surface area contributed by atoms with Crippen molar-refractivity contribution >= 4 is 5.91 Å². The van der Waals surface area contributed by atoms with Gasteiger partial charge in [-0.1, -0.05) is 0 Å². The average molecular weight is 211 g/mol. The van der Waals surface area contributed by atoms with Crippen LogP contribution in [0.1, 0.15) is 25.7 Å². The highest BCUT2D eigenvalue weighted by atomic mass is 16.2. The molecule has 1 amide bonds. The maximum Gasteiger partial charge on any atom is 0.237 e. The Bertz CT molecular complexity index is 232. The Balaban J connectivity index is 1.81. The Kier molecular flexibility index (Phi) is 3.59. The first kappa shape index (κ1) is 10.9. The highest BCUT2D eigenvalue weighted by Crippen LogP contribution is 2.11. The maximum atomic E-state index is 11.6. The van der Waals surface area contributed by atoms with Crippen LogP contribution in [0.5, 0.6) is 0 Å². The van der Waals surface area contributed by atoms with Crippen LogP contribution in [-0.2, 0) is 4.79 Å². The molecule has 0 aliphatic carbocycles. The first-order valence-electron chi connectivity index (χ1n) is 5.98. The van der Waals surface area contributed by atoms with Crippen molar-refractivity contribution < 1.29 is 4.79 Å². The van der Waals surface area contributed by atoms with Crippen LogP contribution < -0.4 is 10.6 Å². The number of rotatable bonds is 2. The molecule has 2 rings (SSSR count). The number of hydrogen-bond acceptors (Lipinski definition) is 3. The molecule has 0 radical (unpaired) electrons. The molecule has 0 aromatic rings. The normalized spacial score (nSPS) is 33.8. The molecule has 0 spiro atoms. The van der Waals surface area contributed by atoms with E-state index in [1.54, 1.807) is 0 Å². The van der Waals surface area contributed by atoms with E-state index >= 15 is 0 Å². The summed E-state index contributed by atoms with van der Waals surface area (Å²) in [4.78, 5) is 13.9. The molecule has 2 N–H and O–H groups in total. The van der Waals surface area contributed by atoms with Gasteiger partial charge in [-0.15, -0.1) is 0 Å². The third-order valence-corrected chi connectivity index (χ3v) is 3.35. The molecule has 15 heavy (non-hydrogen) atoms. The van der Waals surface area contributed by atoms with E-state index in [0.717, 1.165) is 25.9 Å². The lowest BCUT2D eigenvalue weighted by Crippen LogP contribution is -2.55. The lowest BCUT2D eigenvalue weighted by Gasteiger charge is -2.34. The summed E-state index contributed by atoms with van der Waals surface area (Å²) in [5.41, 5.74) is 0. The zero-order valence-electron chi connectivity index (χ0n) is 9.46. The molecule has 0 aromatic carbocycles. The Hall–Kier alpha value is -0.610. The smallest absolute Gasteiger partial charge is 0.237 e. The van der Waals surface area contributed by atoms with Crippen LogP contribution in [0.15, 0.2) is 0 Å². The van der Waals surface area contributed by atoms with Crippen LogP contribution >= 0.6 is 0 Å². The van der Waals surface area contributed by atoms with Crippen molar-refractivity contribution in [3.05, 3.63) is 0 Å². The summed E-state index contributed by atoms with van der Waals surface area (Å²) in [7, 11) is 2.15. The lowest BCUT2D eigenvalue weighted by atomic mass is 10.0. The van der Waals surface area contributed by atoms with E-state index in [9.17, 15) is 4.79 Å². The van der Waals surface area contributed by atoms with Gasteiger partial charge in [0.05, 0.1) is 6.04 Å². The topological polar surface area (TPSA) is 44.4 Å². The number of carbonyl (C=O) groups excluding carboxylic acids is 1. The first-order valence-corrected chi connectivity index (χ1v) is 5.98. The summed E-state index contributed by atoms with van der Waals surface area (Å²) in [5.74, 6) is 0.189. The third-order valence-electron chi connectivity index (χ3n) is 3.35. The second-order valence-corrected chi connectivity index (χ2v) is 4.75. The van der Waals surface area contributed by atoms with Crippen LogP contribution in [0.3, 0.4) is 0 Å². The SMILES string of the molecule is CN1CCCC(NC2CCCNC2=O)C1. The fraction of sp³-hybridized carbons (Fsp3) is 0.909. The van der Waals surface area contributed by atoms with Crippen molar-refractivity contribution in [1.82, 2.24) is 15.5 Å². The molecule has 2 unspecified atom stereocenters. The number of piperidine rings is 2. The Labute approximate surface area is 91.4 Å². The predicted octanol–water partition coefficient (Wildman–Crippen LogP) is -0.0512. The second-order valence-electron chi connectivity index (χ2n) is 4.75. The molecule has 2 saturated heterocycles. The molecular weight excluding hydrogens is 190 g/mol. The monoisotopic (exact) mass is 211 g/mol. The van der Waals surface area contributed by atoms with E-state index < -0.39 is 0 Å².